The predicted octanol–water partition coefficient (Wildman–Crippen LogP) is 5.51. The maximum Gasteiger partial charge on any atom is 0.234 e. The van der Waals surface area contributed by atoms with Gasteiger partial charge >= 0.3 is 0 Å². The second-order valence-electron chi connectivity index (χ2n) is 7.68. The van der Waals surface area contributed by atoms with Gasteiger partial charge in [0.2, 0.25) is 5.91 Å². The van der Waals surface area contributed by atoms with Gasteiger partial charge in [-0.2, -0.15) is 0 Å². The Morgan fingerprint density at radius 1 is 1.24 bits per heavy atom. The van der Waals surface area contributed by atoms with Gasteiger partial charge in [0.25, 0.3) is 0 Å². The lowest BCUT2D eigenvalue weighted by Crippen LogP contribution is -2.15. The molecule has 2 aromatic heterocycles. The zero-order valence-corrected chi connectivity index (χ0v) is 18.7. The number of para-hydroxylation sites is 1. The van der Waals surface area contributed by atoms with E-state index in [4.69, 9.17) is 0 Å². The molecule has 1 N–H and O–H groups in total. The van der Waals surface area contributed by atoms with E-state index in [0.717, 1.165) is 28.7 Å². The number of nitrogens with zero attached hydrogens (tertiary/aromatic N) is 3. The Balaban J connectivity index is 1.52. The van der Waals surface area contributed by atoms with Gasteiger partial charge in [0.1, 0.15) is 0 Å². The Hall–Kier alpha value is -2.12. The van der Waals surface area contributed by atoms with Crippen molar-refractivity contribution in [2.75, 3.05) is 11.1 Å². The lowest BCUT2D eigenvalue weighted by atomic mass is 9.95. The van der Waals surface area contributed by atoms with Crippen LogP contribution in [0.25, 0.3) is 11.4 Å². The summed E-state index contributed by atoms with van der Waals surface area (Å²) in [7, 11) is 0. The highest BCUT2D eigenvalue weighted by Gasteiger charge is 2.23. The highest BCUT2D eigenvalue weighted by molar-refractivity contribution is 7.99. The molecule has 1 aromatic carbocycles. The third kappa shape index (κ3) is 4.26. The fourth-order valence-corrected chi connectivity index (χ4v) is 5.73. The van der Waals surface area contributed by atoms with Crippen LogP contribution in [-0.2, 0) is 17.6 Å². The number of fused-ring (bicyclic) bond motifs is 1. The molecular formula is C22H26N4OS2. The molecule has 7 heteroatoms. The van der Waals surface area contributed by atoms with E-state index in [9.17, 15) is 4.79 Å². The smallest absolute Gasteiger partial charge is 0.234 e. The first kappa shape index (κ1) is 20.2. The first-order valence-electron chi connectivity index (χ1n) is 10.1. The van der Waals surface area contributed by atoms with Gasteiger partial charge in [0, 0.05) is 27.5 Å². The maximum absolute atomic E-state index is 12.5. The van der Waals surface area contributed by atoms with Crippen molar-refractivity contribution in [3.05, 3.63) is 45.6 Å². The molecule has 0 radical (unpaired) electrons. The van der Waals surface area contributed by atoms with E-state index in [1.165, 1.54) is 47.0 Å². The first-order chi connectivity index (χ1) is 14.0. The second kappa shape index (κ2) is 8.71. The van der Waals surface area contributed by atoms with Crippen LogP contribution in [0.15, 0.2) is 34.8 Å². The first-order valence-corrected chi connectivity index (χ1v) is 11.9. The molecule has 5 nitrogen and oxygen atoms in total. The minimum Gasteiger partial charge on any atom is -0.325 e. The van der Waals surface area contributed by atoms with E-state index in [-0.39, 0.29) is 11.9 Å². The molecular weight excluding hydrogens is 400 g/mol. The molecule has 3 aromatic rings. The summed E-state index contributed by atoms with van der Waals surface area (Å²) in [4.78, 5) is 14.0. The van der Waals surface area contributed by atoms with Gasteiger partial charge < -0.3 is 5.32 Å². The van der Waals surface area contributed by atoms with E-state index >= 15 is 0 Å². The number of thiophene rings is 1. The molecule has 0 saturated heterocycles. The number of hydrogen-bond acceptors (Lipinski definition) is 5. The molecule has 152 valence electrons. The van der Waals surface area contributed by atoms with Crippen LogP contribution in [0.1, 0.15) is 48.7 Å². The number of nitrogens with one attached hydrogen (secondary N) is 1. The van der Waals surface area contributed by atoms with Gasteiger partial charge in [-0.05, 0) is 63.6 Å². The normalized spacial score (nSPS) is 13.5. The summed E-state index contributed by atoms with van der Waals surface area (Å²) in [6.45, 7) is 6.28. The van der Waals surface area contributed by atoms with Gasteiger partial charge in [0.05, 0.1) is 5.75 Å². The SMILES string of the molecule is Cc1ccccc1NC(=O)CSc1nnc(-c2csc3c2CCCC3)n1C(C)C. The molecule has 0 bridgehead atoms. The van der Waals surface area contributed by atoms with Crippen molar-refractivity contribution in [3.8, 4) is 11.4 Å². The van der Waals surface area contributed by atoms with Crippen LogP contribution in [0.3, 0.4) is 0 Å². The van der Waals surface area contributed by atoms with Gasteiger partial charge in [0.15, 0.2) is 11.0 Å². The van der Waals surface area contributed by atoms with E-state index in [0.29, 0.717) is 5.75 Å². The molecule has 1 amide bonds. The van der Waals surface area contributed by atoms with E-state index in [1.54, 1.807) is 0 Å². The minimum absolute atomic E-state index is 0.0305. The summed E-state index contributed by atoms with van der Waals surface area (Å²) < 4.78 is 2.17. The number of carbonyl (C=O) groups is 1. The monoisotopic (exact) mass is 426 g/mol. The summed E-state index contributed by atoms with van der Waals surface area (Å²) in [5.74, 6) is 1.21. The number of aromatic nitrogens is 3. The number of rotatable bonds is 6. The second-order valence-corrected chi connectivity index (χ2v) is 9.59. The summed E-state index contributed by atoms with van der Waals surface area (Å²) in [6, 6.07) is 8.04. The number of hydrogen-bond donors (Lipinski definition) is 1. The molecule has 4 rings (SSSR count). The van der Waals surface area contributed by atoms with Crippen LogP contribution in [-0.4, -0.2) is 26.4 Å². The maximum atomic E-state index is 12.5. The predicted molar refractivity (Wildman–Crippen MR) is 121 cm³/mol. The molecule has 1 aliphatic rings. The molecule has 0 atom stereocenters. The number of anilines is 1. The molecule has 0 fully saturated rings. The molecule has 1 aliphatic carbocycles. The molecule has 0 aliphatic heterocycles. The van der Waals surface area contributed by atoms with Crippen molar-refractivity contribution < 1.29 is 4.79 Å². The molecule has 0 unspecified atom stereocenters. The van der Waals surface area contributed by atoms with Crippen molar-refractivity contribution in [1.29, 1.82) is 0 Å². The van der Waals surface area contributed by atoms with Gasteiger partial charge in [-0.25, -0.2) is 0 Å². The van der Waals surface area contributed by atoms with Crippen LogP contribution in [0.2, 0.25) is 0 Å². The lowest BCUT2D eigenvalue weighted by Gasteiger charge is -2.16. The summed E-state index contributed by atoms with van der Waals surface area (Å²) >= 11 is 3.29. The summed E-state index contributed by atoms with van der Waals surface area (Å²) in [5.41, 5.74) is 4.58. The molecule has 29 heavy (non-hydrogen) atoms. The van der Waals surface area contributed by atoms with Crippen LogP contribution in [0, 0.1) is 6.92 Å². The number of amides is 1. The molecule has 0 spiro atoms. The summed E-state index contributed by atoms with van der Waals surface area (Å²) in [6.07, 6.45) is 4.82. The van der Waals surface area contributed by atoms with E-state index in [1.807, 2.05) is 42.5 Å². The van der Waals surface area contributed by atoms with Crippen molar-refractivity contribution in [2.24, 2.45) is 0 Å². The number of benzene rings is 1. The van der Waals surface area contributed by atoms with Crippen molar-refractivity contribution >= 4 is 34.7 Å². The van der Waals surface area contributed by atoms with E-state index < -0.39 is 0 Å². The highest BCUT2D eigenvalue weighted by Crippen LogP contribution is 2.37. The number of thioether (sulfide) groups is 1. The van der Waals surface area contributed by atoms with Gasteiger partial charge in [-0.3, -0.25) is 9.36 Å². The van der Waals surface area contributed by atoms with Crippen molar-refractivity contribution in [2.45, 2.75) is 57.7 Å². The third-order valence-corrected chi connectivity index (χ3v) is 7.27. The Morgan fingerprint density at radius 3 is 2.83 bits per heavy atom. The Kier molecular flexibility index (Phi) is 6.06. The number of aryl methyl sites for hydroxylation is 2. The lowest BCUT2D eigenvalue weighted by molar-refractivity contribution is -0.113. The quantitative estimate of drug-likeness (QED) is 0.528. The van der Waals surface area contributed by atoms with Gasteiger partial charge in [-0.15, -0.1) is 21.5 Å². The fraction of sp³-hybridized carbons (Fsp3) is 0.409. The van der Waals surface area contributed by atoms with Crippen LogP contribution in [0.5, 0.6) is 0 Å². The highest BCUT2D eigenvalue weighted by atomic mass is 32.2. The minimum atomic E-state index is -0.0305. The van der Waals surface area contributed by atoms with Crippen LogP contribution >= 0.6 is 23.1 Å². The Morgan fingerprint density at radius 2 is 2.03 bits per heavy atom. The van der Waals surface area contributed by atoms with Crippen LogP contribution < -0.4 is 5.32 Å². The van der Waals surface area contributed by atoms with Gasteiger partial charge in [-0.1, -0.05) is 30.0 Å². The fourth-order valence-electron chi connectivity index (χ4n) is 3.74. The van der Waals surface area contributed by atoms with Crippen LogP contribution in [0.4, 0.5) is 5.69 Å². The summed E-state index contributed by atoms with van der Waals surface area (Å²) in [5, 5.41) is 15.0. The Bertz CT molecular complexity index is 1020. The Labute approximate surface area is 179 Å². The largest absolute Gasteiger partial charge is 0.325 e. The van der Waals surface area contributed by atoms with E-state index in [2.05, 4.69) is 39.3 Å². The average Bonchev–Trinajstić information content (AvgIpc) is 3.32. The standard InChI is InChI=1S/C22H26N4OS2/c1-14(2)26-21(17-12-28-19-11-7-5-9-16(17)19)24-25-22(26)29-13-20(27)23-18-10-6-4-8-15(18)3/h4,6,8,10,12,14H,5,7,9,11,13H2,1-3H3,(H,23,27). The number of carbonyl (C=O) groups excluding carboxylic acids is 1. The molecule has 0 saturated carbocycles. The third-order valence-electron chi connectivity index (χ3n) is 5.23. The van der Waals surface area contributed by atoms with Crippen molar-refractivity contribution in [3.63, 3.8) is 0 Å². The zero-order chi connectivity index (χ0) is 20.4. The zero-order valence-electron chi connectivity index (χ0n) is 17.1. The average molecular weight is 427 g/mol. The topological polar surface area (TPSA) is 59.8 Å². The molecule has 2 heterocycles. The van der Waals surface area contributed by atoms with Crippen molar-refractivity contribution in [1.82, 2.24) is 14.8 Å².